The summed E-state index contributed by atoms with van der Waals surface area (Å²) >= 11 is 0. The van der Waals surface area contributed by atoms with E-state index < -0.39 is 34.4 Å². The van der Waals surface area contributed by atoms with Gasteiger partial charge in [-0.15, -0.1) is 0 Å². The standard InChI is InChI=1S/C16H14.2C12H12.C11H11N.C8H6F4.C7H9N/c1-11-13-7-3-5-9-15(13)12(2)16-10-6-4-8-14(11)16;1-9-5-3-8-12-10(2)6-4-7-11(9)12;1-9-7-8-10(2)12-6-4-3-5-11(9)12;1-8-5-6-9(2)11-10(8)4-3-7-12-11;1-3-5(9)7(11)4(2)8(12)6(3)10;1-6-3-4-7(2)8-5-6/h3-10H,1-2H3;2*3-8H,1-2H3;3-7H,1-2H3;1-2H3;3-5H,1-2H3. The lowest BCUT2D eigenvalue weighted by atomic mass is 9.93. The third kappa shape index (κ3) is 12.6. The van der Waals surface area contributed by atoms with Gasteiger partial charge in [0.05, 0.1) is 5.52 Å². The fourth-order valence-electron chi connectivity index (χ4n) is 8.64. The van der Waals surface area contributed by atoms with E-state index in [9.17, 15) is 17.6 Å². The largest absolute Gasteiger partial charge is 0.261 e. The Hall–Kier alpha value is -7.70. The number of aryl methyl sites for hydroxylation is 10. The maximum Gasteiger partial charge on any atom is 0.165 e. The van der Waals surface area contributed by atoms with Crippen molar-refractivity contribution in [2.75, 3.05) is 0 Å². The first-order valence-electron chi connectivity index (χ1n) is 24.2. The summed E-state index contributed by atoms with van der Waals surface area (Å²) in [6, 6.07) is 55.5. The summed E-state index contributed by atoms with van der Waals surface area (Å²) in [6.45, 7) is 23.2. The number of rotatable bonds is 0. The number of hydrogen-bond donors (Lipinski definition) is 0. The van der Waals surface area contributed by atoms with Crippen molar-refractivity contribution in [3.63, 3.8) is 0 Å². The first-order valence-corrected chi connectivity index (χ1v) is 24.2. The predicted octanol–water partition coefficient (Wildman–Crippen LogP) is 18.9. The van der Waals surface area contributed by atoms with Gasteiger partial charge in [-0.1, -0.05) is 146 Å². The lowest BCUT2D eigenvalue weighted by molar-refractivity contribution is 0.436. The highest BCUT2D eigenvalue weighted by Crippen LogP contribution is 2.32. The Kier molecular flexibility index (Phi) is 18.2. The van der Waals surface area contributed by atoms with Crippen molar-refractivity contribution in [1.82, 2.24) is 9.97 Å². The van der Waals surface area contributed by atoms with Crippen molar-refractivity contribution in [3.8, 4) is 0 Å². The number of fused-ring (bicyclic) bond motifs is 5. The van der Waals surface area contributed by atoms with Crippen LogP contribution in [0.1, 0.15) is 66.9 Å². The van der Waals surface area contributed by atoms with Gasteiger partial charge in [0.1, 0.15) is 0 Å². The quantitative estimate of drug-likeness (QED) is 0.0860. The van der Waals surface area contributed by atoms with Crippen LogP contribution in [-0.2, 0) is 0 Å². The summed E-state index contributed by atoms with van der Waals surface area (Å²) in [7, 11) is 0. The Morgan fingerprint density at radius 2 is 0.583 bits per heavy atom. The molecule has 6 heteroatoms. The molecule has 0 saturated heterocycles. The van der Waals surface area contributed by atoms with E-state index in [2.05, 4.69) is 211 Å². The van der Waals surface area contributed by atoms with Crippen molar-refractivity contribution in [1.29, 1.82) is 0 Å². The van der Waals surface area contributed by atoms with E-state index in [0.29, 0.717) is 0 Å². The number of aromatic nitrogens is 2. The van der Waals surface area contributed by atoms with Crippen molar-refractivity contribution >= 4 is 54.0 Å². The maximum atomic E-state index is 12.7. The van der Waals surface area contributed by atoms with Crippen LogP contribution in [0.4, 0.5) is 17.6 Å². The molecule has 0 unspecified atom stereocenters. The second-order valence-electron chi connectivity index (χ2n) is 18.4. The highest BCUT2D eigenvalue weighted by atomic mass is 19.2. The summed E-state index contributed by atoms with van der Waals surface area (Å²) in [5, 5.41) is 12.2. The fraction of sp³-hybridized carbons (Fsp3) is 0.182. The Balaban J connectivity index is 0.000000143. The molecule has 2 aromatic heterocycles. The van der Waals surface area contributed by atoms with E-state index in [1.165, 1.54) is 98.5 Å². The molecule has 0 fully saturated rings. The summed E-state index contributed by atoms with van der Waals surface area (Å²) in [4.78, 5) is 8.42. The van der Waals surface area contributed by atoms with E-state index in [0.717, 1.165) is 25.1 Å². The van der Waals surface area contributed by atoms with Gasteiger partial charge in [0.2, 0.25) is 0 Å². The summed E-state index contributed by atoms with van der Waals surface area (Å²) < 4.78 is 50.6. The SMILES string of the molecule is Cc1c(F)c(F)c(C)c(F)c1F.Cc1c2ccccc2c(C)c2ccccc12.Cc1ccc(C)c2ccccc12.Cc1ccc(C)c2ncccc12.Cc1ccc(C)nc1.Cc1cccc2c(C)cccc12. The molecule has 0 aliphatic heterocycles. The lowest BCUT2D eigenvalue weighted by Gasteiger charge is -2.11. The average Bonchev–Trinajstić information content (AvgIpc) is 3.41. The highest BCUT2D eigenvalue weighted by Gasteiger charge is 2.19. The zero-order valence-corrected chi connectivity index (χ0v) is 43.6. The van der Waals surface area contributed by atoms with Crippen LogP contribution in [0, 0.1) is 106 Å². The first kappa shape index (κ1) is 53.6. The van der Waals surface area contributed by atoms with Gasteiger partial charge in [-0.05, 0) is 188 Å². The minimum absolute atomic E-state index is 0.629. The van der Waals surface area contributed by atoms with Crippen LogP contribution in [-0.4, -0.2) is 9.97 Å². The second kappa shape index (κ2) is 24.4. The maximum absolute atomic E-state index is 12.7. The van der Waals surface area contributed by atoms with Crippen molar-refractivity contribution < 1.29 is 17.6 Å². The Morgan fingerprint density at radius 1 is 0.264 bits per heavy atom. The molecule has 366 valence electrons. The van der Waals surface area contributed by atoms with Crippen molar-refractivity contribution in [2.24, 2.45) is 0 Å². The number of halogens is 4. The lowest BCUT2D eigenvalue weighted by Crippen LogP contribution is -2.02. The normalized spacial score (nSPS) is 10.5. The van der Waals surface area contributed by atoms with Gasteiger partial charge in [0.25, 0.3) is 0 Å². The van der Waals surface area contributed by atoms with Gasteiger partial charge in [0.15, 0.2) is 23.3 Å². The monoisotopic (exact) mass is 961 g/mol. The van der Waals surface area contributed by atoms with E-state index in [1.54, 1.807) is 0 Å². The highest BCUT2D eigenvalue weighted by molar-refractivity contribution is 6.05. The van der Waals surface area contributed by atoms with Crippen LogP contribution >= 0.6 is 0 Å². The van der Waals surface area contributed by atoms with Gasteiger partial charge < -0.3 is 0 Å². The summed E-state index contributed by atoms with van der Waals surface area (Å²) in [5.41, 5.74) is 12.9. The molecule has 0 N–H and O–H groups in total. The van der Waals surface area contributed by atoms with Crippen LogP contribution in [0.5, 0.6) is 0 Å². The molecule has 0 amide bonds. The van der Waals surface area contributed by atoms with Crippen LogP contribution < -0.4 is 0 Å². The molecule has 0 atom stereocenters. The van der Waals surface area contributed by atoms with Gasteiger partial charge in [0, 0.05) is 34.6 Å². The first-order chi connectivity index (χ1) is 34.4. The smallest absolute Gasteiger partial charge is 0.165 e. The van der Waals surface area contributed by atoms with Gasteiger partial charge in [-0.3, -0.25) is 9.97 Å². The third-order valence-corrected chi connectivity index (χ3v) is 13.1. The van der Waals surface area contributed by atoms with E-state index in [4.69, 9.17) is 0 Å². The molecule has 2 nitrogen and oxygen atoms in total. The number of hydrogen-bond acceptors (Lipinski definition) is 2. The van der Waals surface area contributed by atoms with E-state index >= 15 is 0 Å². The molecule has 0 spiro atoms. The van der Waals surface area contributed by atoms with Gasteiger partial charge in [-0.25, -0.2) is 17.6 Å². The third-order valence-electron chi connectivity index (χ3n) is 13.1. The Bertz CT molecular complexity index is 3150. The molecule has 0 aliphatic rings. The molecule has 0 bridgehead atoms. The Labute approximate surface area is 423 Å². The van der Waals surface area contributed by atoms with Crippen LogP contribution in [0.3, 0.4) is 0 Å². The van der Waals surface area contributed by atoms with Crippen LogP contribution in [0.25, 0.3) is 54.0 Å². The summed E-state index contributed by atoms with van der Waals surface area (Å²) in [5.74, 6) is -5.31. The zero-order chi connectivity index (χ0) is 52.2. The molecule has 0 aliphatic carbocycles. The minimum atomic E-state index is -1.33. The van der Waals surface area contributed by atoms with Gasteiger partial charge >= 0.3 is 0 Å². The number of benzene rings is 9. The molecular formula is C66H64F4N2. The van der Waals surface area contributed by atoms with E-state index in [1.807, 2.05) is 38.4 Å². The predicted molar refractivity (Wildman–Crippen MR) is 298 cm³/mol. The zero-order valence-electron chi connectivity index (χ0n) is 43.6. The molecule has 2 heterocycles. The van der Waals surface area contributed by atoms with Crippen LogP contribution in [0.15, 0.2) is 170 Å². The molecule has 72 heavy (non-hydrogen) atoms. The molecule has 0 saturated carbocycles. The topological polar surface area (TPSA) is 25.8 Å². The molecule has 11 rings (SSSR count). The van der Waals surface area contributed by atoms with Crippen LogP contribution in [0.2, 0.25) is 0 Å². The summed E-state index contributed by atoms with van der Waals surface area (Å²) in [6.07, 6.45) is 3.71. The molecule has 11 aromatic rings. The van der Waals surface area contributed by atoms with Crippen molar-refractivity contribution in [2.45, 2.75) is 83.1 Å². The second-order valence-corrected chi connectivity index (χ2v) is 18.4. The molecule has 0 radical (unpaired) electrons. The Morgan fingerprint density at radius 3 is 0.931 bits per heavy atom. The van der Waals surface area contributed by atoms with Gasteiger partial charge in [-0.2, -0.15) is 0 Å². The fourth-order valence-corrected chi connectivity index (χ4v) is 8.64. The molecule has 9 aromatic carbocycles. The molecular weight excluding hydrogens is 897 g/mol. The van der Waals surface area contributed by atoms with E-state index in [-0.39, 0.29) is 0 Å². The van der Waals surface area contributed by atoms with Crippen molar-refractivity contribution in [3.05, 3.63) is 260 Å². The number of pyridine rings is 2. The minimum Gasteiger partial charge on any atom is -0.261 e. The average molecular weight is 961 g/mol. The number of nitrogens with zero attached hydrogens (tertiary/aromatic N) is 2.